The first-order chi connectivity index (χ1) is 15.7. The van der Waals surface area contributed by atoms with Crippen molar-refractivity contribution >= 4 is 17.2 Å². The first kappa shape index (κ1) is 21.0. The molecule has 9 nitrogen and oxygen atoms in total. The molecule has 5 rings (SSSR count). The van der Waals surface area contributed by atoms with Crippen LogP contribution < -0.4 is 4.90 Å². The second-order valence-electron chi connectivity index (χ2n) is 8.09. The SMILES string of the molecule is O=[N+]([O-])c1ccc(N2C(c3ccccc3)=N[C@H](N3CCOCC3)[C@H]2N2CCOCC2)cc1. The summed E-state index contributed by atoms with van der Waals surface area (Å²) in [5.74, 6) is 0.882. The number of nitro groups is 1. The van der Waals surface area contributed by atoms with Crippen molar-refractivity contribution in [1.82, 2.24) is 9.80 Å². The summed E-state index contributed by atoms with van der Waals surface area (Å²) in [5.41, 5.74) is 2.00. The van der Waals surface area contributed by atoms with Crippen LogP contribution in [0, 0.1) is 10.1 Å². The number of nitro benzene ring substituents is 1. The fourth-order valence-corrected chi connectivity index (χ4v) is 4.63. The molecule has 2 aromatic rings. The Morgan fingerprint density at radius 2 is 1.44 bits per heavy atom. The summed E-state index contributed by atoms with van der Waals surface area (Å²) in [7, 11) is 0. The van der Waals surface area contributed by atoms with Crippen LogP contribution >= 0.6 is 0 Å². The van der Waals surface area contributed by atoms with E-state index in [9.17, 15) is 10.1 Å². The van der Waals surface area contributed by atoms with Crippen LogP contribution in [0.5, 0.6) is 0 Å². The number of morpholine rings is 2. The highest BCUT2D eigenvalue weighted by Crippen LogP contribution is 2.33. The minimum Gasteiger partial charge on any atom is -0.379 e. The van der Waals surface area contributed by atoms with Crippen LogP contribution in [0.2, 0.25) is 0 Å². The summed E-state index contributed by atoms with van der Waals surface area (Å²) in [6.07, 6.45) is -0.101. The molecular formula is C23H27N5O4. The molecule has 2 fully saturated rings. The van der Waals surface area contributed by atoms with Crippen molar-refractivity contribution in [3.8, 4) is 0 Å². The predicted octanol–water partition coefficient (Wildman–Crippen LogP) is 2.18. The van der Waals surface area contributed by atoms with Gasteiger partial charge in [0.2, 0.25) is 0 Å². The van der Waals surface area contributed by atoms with Gasteiger partial charge in [-0.1, -0.05) is 30.3 Å². The van der Waals surface area contributed by atoms with E-state index < -0.39 is 0 Å². The minimum absolute atomic E-state index is 0.0336. The van der Waals surface area contributed by atoms with E-state index in [1.807, 2.05) is 30.3 Å². The molecule has 3 aliphatic heterocycles. The van der Waals surface area contributed by atoms with E-state index in [0.29, 0.717) is 26.4 Å². The number of anilines is 1. The number of ether oxygens (including phenoxy) is 2. The summed E-state index contributed by atoms with van der Waals surface area (Å²) >= 11 is 0. The Labute approximate surface area is 187 Å². The fourth-order valence-electron chi connectivity index (χ4n) is 4.63. The third-order valence-electron chi connectivity index (χ3n) is 6.22. The zero-order chi connectivity index (χ0) is 21.9. The molecule has 3 aliphatic rings. The number of rotatable bonds is 5. The average Bonchev–Trinajstić information content (AvgIpc) is 3.26. The minimum atomic E-state index is -0.365. The van der Waals surface area contributed by atoms with Gasteiger partial charge in [0, 0.05) is 49.6 Å². The molecular weight excluding hydrogens is 410 g/mol. The normalized spacial score (nSPS) is 25.0. The highest BCUT2D eigenvalue weighted by Gasteiger charge is 2.44. The Balaban J connectivity index is 1.59. The highest BCUT2D eigenvalue weighted by molar-refractivity contribution is 6.11. The first-order valence-electron chi connectivity index (χ1n) is 11.0. The molecule has 2 aromatic carbocycles. The third-order valence-corrected chi connectivity index (χ3v) is 6.22. The standard InChI is InChI=1S/C23H27N5O4/c29-28(30)20-8-6-19(7-9-20)27-21(18-4-2-1-3-5-18)24-22(25-10-14-31-15-11-25)23(27)26-12-16-32-17-13-26/h1-9,22-23H,10-17H2/t22-,23+/m1/s1. The zero-order valence-electron chi connectivity index (χ0n) is 17.9. The van der Waals surface area contributed by atoms with Gasteiger partial charge in [-0.25, -0.2) is 4.99 Å². The van der Waals surface area contributed by atoms with Crippen molar-refractivity contribution in [2.24, 2.45) is 4.99 Å². The van der Waals surface area contributed by atoms with Gasteiger partial charge in [0.15, 0.2) is 0 Å². The molecule has 2 atom stereocenters. The highest BCUT2D eigenvalue weighted by atomic mass is 16.6. The molecule has 0 bridgehead atoms. The van der Waals surface area contributed by atoms with Crippen molar-refractivity contribution in [3.05, 3.63) is 70.3 Å². The Morgan fingerprint density at radius 3 is 2.03 bits per heavy atom. The molecule has 168 valence electrons. The Bertz CT molecular complexity index is 956. The summed E-state index contributed by atoms with van der Waals surface area (Å²) in [6.45, 7) is 6.03. The van der Waals surface area contributed by atoms with E-state index in [4.69, 9.17) is 14.5 Å². The smallest absolute Gasteiger partial charge is 0.269 e. The van der Waals surface area contributed by atoms with Gasteiger partial charge in [-0.05, 0) is 12.1 Å². The summed E-state index contributed by atoms with van der Waals surface area (Å²) in [4.78, 5) is 23.2. The molecule has 0 aliphatic carbocycles. The van der Waals surface area contributed by atoms with Crippen LogP contribution in [-0.2, 0) is 9.47 Å². The van der Waals surface area contributed by atoms with Gasteiger partial charge in [-0.15, -0.1) is 0 Å². The number of hydrogen-bond acceptors (Lipinski definition) is 8. The van der Waals surface area contributed by atoms with E-state index in [1.54, 1.807) is 12.1 Å². The molecule has 0 radical (unpaired) electrons. The van der Waals surface area contributed by atoms with Gasteiger partial charge in [0.05, 0.1) is 31.4 Å². The summed E-state index contributed by atoms with van der Waals surface area (Å²) in [5, 5.41) is 11.2. The molecule has 0 saturated carbocycles. The van der Waals surface area contributed by atoms with E-state index in [0.717, 1.165) is 43.3 Å². The van der Waals surface area contributed by atoms with E-state index in [1.165, 1.54) is 0 Å². The van der Waals surface area contributed by atoms with Crippen molar-refractivity contribution < 1.29 is 14.4 Å². The number of non-ortho nitro benzene ring substituents is 1. The lowest BCUT2D eigenvalue weighted by Gasteiger charge is -2.43. The van der Waals surface area contributed by atoms with Crippen LogP contribution in [0.25, 0.3) is 0 Å². The maximum Gasteiger partial charge on any atom is 0.269 e. The maximum atomic E-state index is 11.2. The Kier molecular flexibility index (Phi) is 6.13. The second kappa shape index (κ2) is 9.33. The molecule has 0 unspecified atom stereocenters. The Morgan fingerprint density at radius 1 is 0.844 bits per heavy atom. The molecule has 0 aromatic heterocycles. The molecule has 2 saturated heterocycles. The first-order valence-corrected chi connectivity index (χ1v) is 11.0. The quantitative estimate of drug-likeness (QED) is 0.524. The van der Waals surface area contributed by atoms with Crippen molar-refractivity contribution in [2.45, 2.75) is 12.3 Å². The second-order valence-corrected chi connectivity index (χ2v) is 8.09. The molecule has 0 spiro atoms. The van der Waals surface area contributed by atoms with Gasteiger partial charge in [0.1, 0.15) is 18.2 Å². The van der Waals surface area contributed by atoms with Gasteiger partial charge in [0.25, 0.3) is 5.69 Å². The van der Waals surface area contributed by atoms with E-state index >= 15 is 0 Å². The number of hydrogen-bond donors (Lipinski definition) is 0. The summed E-state index contributed by atoms with van der Waals surface area (Å²) in [6, 6.07) is 16.9. The number of aliphatic imine (C=N–C) groups is 1. The van der Waals surface area contributed by atoms with Crippen LogP contribution in [0.15, 0.2) is 59.6 Å². The van der Waals surface area contributed by atoms with Gasteiger partial charge in [-0.2, -0.15) is 0 Å². The van der Waals surface area contributed by atoms with Crippen LogP contribution in [0.3, 0.4) is 0 Å². The molecule has 32 heavy (non-hydrogen) atoms. The van der Waals surface area contributed by atoms with E-state index in [2.05, 4.69) is 26.8 Å². The number of benzene rings is 2. The van der Waals surface area contributed by atoms with Crippen molar-refractivity contribution in [1.29, 1.82) is 0 Å². The largest absolute Gasteiger partial charge is 0.379 e. The molecule has 0 amide bonds. The van der Waals surface area contributed by atoms with Crippen LogP contribution in [-0.4, -0.2) is 85.5 Å². The van der Waals surface area contributed by atoms with Crippen molar-refractivity contribution in [3.63, 3.8) is 0 Å². The van der Waals surface area contributed by atoms with Crippen LogP contribution in [0.4, 0.5) is 11.4 Å². The molecule has 0 N–H and O–H groups in total. The summed E-state index contributed by atoms with van der Waals surface area (Å²) < 4.78 is 11.2. The lowest BCUT2D eigenvalue weighted by atomic mass is 10.1. The lowest BCUT2D eigenvalue weighted by molar-refractivity contribution is -0.384. The fraction of sp³-hybridized carbons (Fsp3) is 0.435. The zero-order valence-corrected chi connectivity index (χ0v) is 17.9. The number of amidine groups is 1. The topological polar surface area (TPSA) is 83.7 Å². The maximum absolute atomic E-state index is 11.2. The average molecular weight is 438 g/mol. The van der Waals surface area contributed by atoms with E-state index in [-0.39, 0.29) is 22.9 Å². The third kappa shape index (κ3) is 4.12. The molecule has 9 heteroatoms. The van der Waals surface area contributed by atoms with Gasteiger partial charge in [-0.3, -0.25) is 19.9 Å². The number of nitrogens with zero attached hydrogens (tertiary/aromatic N) is 5. The van der Waals surface area contributed by atoms with Crippen molar-refractivity contribution in [2.75, 3.05) is 57.5 Å². The predicted molar refractivity (Wildman–Crippen MR) is 121 cm³/mol. The van der Waals surface area contributed by atoms with Crippen LogP contribution in [0.1, 0.15) is 5.56 Å². The monoisotopic (exact) mass is 437 g/mol. The molecule has 3 heterocycles. The van der Waals surface area contributed by atoms with Gasteiger partial charge < -0.3 is 14.4 Å². The Hall–Kier alpha value is -2.85. The lowest BCUT2D eigenvalue weighted by Crippen LogP contribution is -2.60. The van der Waals surface area contributed by atoms with Gasteiger partial charge >= 0.3 is 0 Å².